The quantitative estimate of drug-likeness (QED) is 0.821. The SMILES string of the molecule is OC(c1cccc(F)c1)c1csnn1. The number of hydrogen-bond donors (Lipinski definition) is 1. The molecule has 0 radical (unpaired) electrons. The van der Waals surface area contributed by atoms with Gasteiger partial charge in [-0.15, -0.1) is 5.10 Å². The zero-order chi connectivity index (χ0) is 9.97. The molecule has 72 valence electrons. The molecule has 1 aromatic carbocycles. The van der Waals surface area contributed by atoms with Crippen LogP contribution in [0.5, 0.6) is 0 Å². The maximum absolute atomic E-state index is 12.8. The Kier molecular flexibility index (Phi) is 2.51. The van der Waals surface area contributed by atoms with Gasteiger partial charge in [0.25, 0.3) is 0 Å². The second kappa shape index (κ2) is 3.81. The van der Waals surface area contributed by atoms with Gasteiger partial charge in [-0.3, -0.25) is 0 Å². The van der Waals surface area contributed by atoms with E-state index < -0.39 is 6.10 Å². The van der Waals surface area contributed by atoms with Crippen LogP contribution in [0.25, 0.3) is 0 Å². The van der Waals surface area contributed by atoms with Crippen molar-refractivity contribution in [1.82, 2.24) is 9.59 Å². The number of benzene rings is 1. The van der Waals surface area contributed by atoms with Crippen LogP contribution in [0, 0.1) is 5.82 Å². The molecule has 14 heavy (non-hydrogen) atoms. The molecule has 0 fully saturated rings. The fraction of sp³-hybridized carbons (Fsp3) is 0.111. The molecule has 5 heteroatoms. The summed E-state index contributed by atoms with van der Waals surface area (Å²) in [5.74, 6) is -0.371. The summed E-state index contributed by atoms with van der Waals surface area (Å²) in [6.45, 7) is 0. The number of rotatable bonds is 2. The largest absolute Gasteiger partial charge is 0.382 e. The average molecular weight is 210 g/mol. The number of aliphatic hydroxyl groups excluding tert-OH is 1. The van der Waals surface area contributed by atoms with Gasteiger partial charge in [-0.25, -0.2) is 4.39 Å². The zero-order valence-electron chi connectivity index (χ0n) is 7.09. The maximum atomic E-state index is 12.8. The van der Waals surface area contributed by atoms with E-state index in [0.29, 0.717) is 11.3 Å². The lowest BCUT2D eigenvalue weighted by atomic mass is 10.1. The van der Waals surface area contributed by atoms with Crippen LogP contribution in [0.2, 0.25) is 0 Å². The van der Waals surface area contributed by atoms with E-state index in [0.717, 1.165) is 11.5 Å². The fourth-order valence-electron chi connectivity index (χ4n) is 1.14. The standard InChI is InChI=1S/C9H7FN2OS/c10-7-3-1-2-6(4-7)9(13)8-5-14-12-11-8/h1-5,9,13H. The molecular weight excluding hydrogens is 203 g/mol. The number of nitrogens with zero attached hydrogens (tertiary/aromatic N) is 2. The van der Waals surface area contributed by atoms with Gasteiger partial charge < -0.3 is 5.11 Å². The van der Waals surface area contributed by atoms with E-state index in [1.54, 1.807) is 17.5 Å². The first-order chi connectivity index (χ1) is 6.77. The molecule has 0 aliphatic heterocycles. The minimum absolute atomic E-state index is 0.371. The zero-order valence-corrected chi connectivity index (χ0v) is 7.91. The highest BCUT2D eigenvalue weighted by atomic mass is 32.1. The summed E-state index contributed by atoms with van der Waals surface area (Å²) in [5.41, 5.74) is 0.929. The van der Waals surface area contributed by atoms with Crippen molar-refractivity contribution in [1.29, 1.82) is 0 Å². The number of hydrogen-bond acceptors (Lipinski definition) is 4. The van der Waals surface area contributed by atoms with Crippen molar-refractivity contribution >= 4 is 11.5 Å². The third kappa shape index (κ3) is 1.78. The van der Waals surface area contributed by atoms with Gasteiger partial charge >= 0.3 is 0 Å². The third-order valence-corrected chi connectivity index (χ3v) is 2.34. The molecule has 0 amide bonds. The topological polar surface area (TPSA) is 46.0 Å². The van der Waals surface area contributed by atoms with Crippen LogP contribution >= 0.6 is 11.5 Å². The molecule has 1 heterocycles. The van der Waals surface area contributed by atoms with Crippen molar-refractivity contribution in [2.45, 2.75) is 6.10 Å². The van der Waals surface area contributed by atoms with E-state index >= 15 is 0 Å². The maximum Gasteiger partial charge on any atom is 0.124 e. The summed E-state index contributed by atoms with van der Waals surface area (Å²) in [5, 5.41) is 15.1. The lowest BCUT2D eigenvalue weighted by molar-refractivity contribution is 0.214. The number of aliphatic hydroxyl groups is 1. The van der Waals surface area contributed by atoms with Gasteiger partial charge in [0.2, 0.25) is 0 Å². The number of aromatic nitrogens is 2. The highest BCUT2D eigenvalue weighted by Crippen LogP contribution is 2.20. The molecular formula is C9H7FN2OS. The van der Waals surface area contributed by atoms with Crippen LogP contribution < -0.4 is 0 Å². The molecule has 0 saturated heterocycles. The van der Waals surface area contributed by atoms with Crippen LogP contribution in [0.4, 0.5) is 4.39 Å². The second-order valence-electron chi connectivity index (χ2n) is 2.79. The van der Waals surface area contributed by atoms with Crippen molar-refractivity contribution in [2.75, 3.05) is 0 Å². The van der Waals surface area contributed by atoms with Crippen LogP contribution in [-0.2, 0) is 0 Å². The Morgan fingerprint density at radius 1 is 1.43 bits per heavy atom. The van der Waals surface area contributed by atoms with E-state index in [-0.39, 0.29) is 5.82 Å². The molecule has 3 nitrogen and oxygen atoms in total. The van der Waals surface area contributed by atoms with Crippen molar-refractivity contribution < 1.29 is 9.50 Å². The minimum Gasteiger partial charge on any atom is -0.382 e. The fourth-order valence-corrected chi connectivity index (χ4v) is 1.61. The monoisotopic (exact) mass is 210 g/mol. The van der Waals surface area contributed by atoms with Gasteiger partial charge in [-0.1, -0.05) is 16.6 Å². The normalized spacial score (nSPS) is 12.7. The highest BCUT2D eigenvalue weighted by Gasteiger charge is 2.13. The molecule has 1 atom stereocenters. The first-order valence-electron chi connectivity index (χ1n) is 3.98. The summed E-state index contributed by atoms with van der Waals surface area (Å²) in [4.78, 5) is 0. The van der Waals surface area contributed by atoms with Gasteiger partial charge in [0.05, 0.1) is 0 Å². The molecule has 0 spiro atoms. The summed E-state index contributed by atoms with van der Waals surface area (Å²) < 4.78 is 16.5. The van der Waals surface area contributed by atoms with Crippen molar-refractivity contribution in [3.8, 4) is 0 Å². The van der Waals surface area contributed by atoms with Crippen molar-refractivity contribution in [3.63, 3.8) is 0 Å². The van der Waals surface area contributed by atoms with Crippen LogP contribution in [-0.4, -0.2) is 14.7 Å². The first-order valence-corrected chi connectivity index (χ1v) is 4.81. The van der Waals surface area contributed by atoms with Gasteiger partial charge in [0.15, 0.2) is 0 Å². The lowest BCUT2D eigenvalue weighted by Gasteiger charge is -2.06. The van der Waals surface area contributed by atoms with Crippen LogP contribution in [0.15, 0.2) is 29.6 Å². The van der Waals surface area contributed by atoms with E-state index in [1.165, 1.54) is 12.1 Å². The van der Waals surface area contributed by atoms with Crippen molar-refractivity contribution in [3.05, 3.63) is 46.7 Å². The van der Waals surface area contributed by atoms with Crippen molar-refractivity contribution in [2.24, 2.45) is 0 Å². The Hall–Kier alpha value is -1.33. The summed E-state index contributed by atoms with van der Waals surface area (Å²) >= 11 is 1.15. The Bertz CT molecular complexity index is 419. The van der Waals surface area contributed by atoms with Gasteiger partial charge in [0, 0.05) is 5.38 Å². The van der Waals surface area contributed by atoms with E-state index in [9.17, 15) is 9.50 Å². The van der Waals surface area contributed by atoms with E-state index in [2.05, 4.69) is 9.59 Å². The van der Waals surface area contributed by atoms with Gasteiger partial charge in [-0.2, -0.15) is 0 Å². The predicted molar refractivity (Wildman–Crippen MR) is 50.4 cm³/mol. The third-order valence-electron chi connectivity index (χ3n) is 1.82. The Labute approximate surface area is 84.0 Å². The molecule has 0 aliphatic rings. The average Bonchev–Trinajstić information content (AvgIpc) is 2.69. The van der Waals surface area contributed by atoms with Crippen LogP contribution in [0.1, 0.15) is 17.4 Å². The van der Waals surface area contributed by atoms with Gasteiger partial charge in [-0.05, 0) is 29.2 Å². The molecule has 2 aromatic rings. The molecule has 2 rings (SSSR count). The molecule has 0 bridgehead atoms. The Balaban J connectivity index is 2.32. The predicted octanol–water partition coefficient (Wildman–Crippen LogP) is 1.76. The van der Waals surface area contributed by atoms with Crippen LogP contribution in [0.3, 0.4) is 0 Å². The lowest BCUT2D eigenvalue weighted by Crippen LogP contribution is -2.00. The highest BCUT2D eigenvalue weighted by molar-refractivity contribution is 7.03. The molecule has 1 unspecified atom stereocenters. The second-order valence-corrected chi connectivity index (χ2v) is 3.40. The molecule has 1 N–H and O–H groups in total. The Morgan fingerprint density at radius 3 is 2.93 bits per heavy atom. The van der Waals surface area contributed by atoms with E-state index in [4.69, 9.17) is 0 Å². The smallest absolute Gasteiger partial charge is 0.124 e. The minimum atomic E-state index is -0.899. The molecule has 0 aliphatic carbocycles. The van der Waals surface area contributed by atoms with Gasteiger partial charge in [0.1, 0.15) is 17.6 Å². The summed E-state index contributed by atoms with van der Waals surface area (Å²) in [6, 6.07) is 5.81. The number of halogens is 1. The molecule has 0 saturated carbocycles. The Morgan fingerprint density at radius 2 is 2.29 bits per heavy atom. The first kappa shape index (κ1) is 9.23. The summed E-state index contributed by atoms with van der Waals surface area (Å²) in [7, 11) is 0. The van der Waals surface area contributed by atoms with E-state index in [1.807, 2.05) is 0 Å². The summed E-state index contributed by atoms with van der Waals surface area (Å²) in [6.07, 6.45) is -0.899. The molecule has 1 aromatic heterocycles.